The number of nitriles is 1. The summed E-state index contributed by atoms with van der Waals surface area (Å²) in [6, 6.07) is 22.7. The van der Waals surface area contributed by atoms with Gasteiger partial charge < -0.3 is 20.5 Å². The molecule has 7 heteroatoms. The molecule has 1 aromatic heterocycles. The SMILES string of the molecule is COc1cccc(-c2cc(C)c(Oc3cc(N)nc(Nc4ccc(C#N)cc4)n3)c(C)c2)c1. The number of nitrogens with zero attached hydrogens (tertiary/aromatic N) is 3. The van der Waals surface area contributed by atoms with Crippen molar-refractivity contribution in [2.24, 2.45) is 0 Å². The topological polar surface area (TPSA) is 106 Å². The Morgan fingerprint density at radius 2 is 1.64 bits per heavy atom. The molecule has 4 rings (SSSR count). The average Bonchev–Trinajstić information content (AvgIpc) is 2.81. The number of nitrogen functional groups attached to an aromatic ring is 1. The normalized spacial score (nSPS) is 10.4. The Kier molecular flexibility index (Phi) is 6.09. The van der Waals surface area contributed by atoms with Gasteiger partial charge in [0.25, 0.3) is 0 Å². The third kappa shape index (κ3) is 5.02. The van der Waals surface area contributed by atoms with Crippen LogP contribution in [0.5, 0.6) is 17.4 Å². The molecule has 0 bridgehead atoms. The van der Waals surface area contributed by atoms with Gasteiger partial charge in [0, 0.05) is 11.8 Å². The summed E-state index contributed by atoms with van der Waals surface area (Å²) in [5, 5.41) is 12.0. The van der Waals surface area contributed by atoms with Crippen molar-refractivity contribution < 1.29 is 9.47 Å². The second-order valence-corrected chi connectivity index (χ2v) is 7.54. The molecule has 0 fully saturated rings. The van der Waals surface area contributed by atoms with E-state index in [0.29, 0.717) is 23.1 Å². The molecule has 0 radical (unpaired) electrons. The molecule has 0 amide bonds. The van der Waals surface area contributed by atoms with Crippen LogP contribution in [0.2, 0.25) is 0 Å². The van der Waals surface area contributed by atoms with Crippen LogP contribution < -0.4 is 20.5 Å². The Morgan fingerprint density at radius 3 is 2.30 bits per heavy atom. The quantitative estimate of drug-likeness (QED) is 0.395. The Balaban J connectivity index is 1.60. The summed E-state index contributed by atoms with van der Waals surface area (Å²) in [6.45, 7) is 3.99. The molecule has 164 valence electrons. The number of methoxy groups -OCH3 is 1. The lowest BCUT2D eigenvalue weighted by atomic mass is 9.99. The van der Waals surface area contributed by atoms with E-state index in [4.69, 9.17) is 20.5 Å². The zero-order valence-corrected chi connectivity index (χ0v) is 18.6. The Hall–Kier alpha value is -4.57. The van der Waals surface area contributed by atoms with E-state index in [1.54, 1.807) is 37.4 Å². The van der Waals surface area contributed by atoms with E-state index in [2.05, 4.69) is 33.5 Å². The van der Waals surface area contributed by atoms with Gasteiger partial charge in [0.2, 0.25) is 11.8 Å². The van der Waals surface area contributed by atoms with E-state index < -0.39 is 0 Å². The van der Waals surface area contributed by atoms with Gasteiger partial charge in [-0.25, -0.2) is 0 Å². The lowest BCUT2D eigenvalue weighted by molar-refractivity contribution is 0.415. The molecular formula is C26H23N5O2. The fourth-order valence-electron chi connectivity index (χ4n) is 3.49. The second-order valence-electron chi connectivity index (χ2n) is 7.54. The molecule has 0 saturated heterocycles. The number of rotatable bonds is 6. The number of nitrogens with two attached hydrogens (primary N) is 1. The van der Waals surface area contributed by atoms with Crippen molar-refractivity contribution in [3.8, 4) is 34.6 Å². The molecule has 33 heavy (non-hydrogen) atoms. The molecular weight excluding hydrogens is 414 g/mol. The number of hydrogen-bond acceptors (Lipinski definition) is 7. The monoisotopic (exact) mass is 437 g/mol. The number of ether oxygens (including phenoxy) is 2. The Labute approximate surface area is 192 Å². The van der Waals surface area contributed by atoms with Crippen LogP contribution in [0.1, 0.15) is 16.7 Å². The van der Waals surface area contributed by atoms with E-state index in [1.807, 2.05) is 38.1 Å². The first-order valence-electron chi connectivity index (χ1n) is 10.3. The third-order valence-corrected chi connectivity index (χ3v) is 5.06. The summed E-state index contributed by atoms with van der Waals surface area (Å²) in [5.41, 5.74) is 11.4. The summed E-state index contributed by atoms with van der Waals surface area (Å²) < 4.78 is 11.5. The minimum atomic E-state index is 0.277. The molecule has 0 aliphatic carbocycles. The second kappa shape index (κ2) is 9.28. The van der Waals surface area contributed by atoms with Crippen molar-refractivity contribution in [2.75, 3.05) is 18.2 Å². The summed E-state index contributed by atoms with van der Waals surface area (Å²) in [6.07, 6.45) is 0. The van der Waals surface area contributed by atoms with Gasteiger partial charge in [0.05, 0.1) is 18.7 Å². The lowest BCUT2D eigenvalue weighted by Crippen LogP contribution is -2.03. The highest BCUT2D eigenvalue weighted by Gasteiger charge is 2.12. The number of aryl methyl sites for hydroxylation is 2. The van der Waals surface area contributed by atoms with E-state index in [-0.39, 0.29) is 5.82 Å². The van der Waals surface area contributed by atoms with Crippen LogP contribution >= 0.6 is 0 Å². The van der Waals surface area contributed by atoms with E-state index in [9.17, 15) is 0 Å². The molecule has 0 saturated carbocycles. The first-order valence-corrected chi connectivity index (χ1v) is 10.3. The molecule has 0 spiro atoms. The first-order chi connectivity index (χ1) is 15.9. The van der Waals surface area contributed by atoms with Crippen molar-refractivity contribution in [3.63, 3.8) is 0 Å². The van der Waals surface area contributed by atoms with Crippen LogP contribution in [-0.2, 0) is 0 Å². The van der Waals surface area contributed by atoms with Gasteiger partial charge in [0.1, 0.15) is 17.3 Å². The first kappa shape index (κ1) is 21.7. The number of nitrogens with one attached hydrogen (secondary N) is 1. The van der Waals surface area contributed by atoms with Crippen LogP contribution in [0.4, 0.5) is 17.5 Å². The standard InChI is InChI=1S/C26H23N5O2/c1-16-11-20(19-5-4-6-22(13-19)32-3)12-17(2)25(16)33-24-14-23(28)30-26(31-24)29-21-9-7-18(15-27)8-10-21/h4-14H,1-3H3,(H3,28,29,30,31). The van der Waals surface area contributed by atoms with Crippen molar-refractivity contribution in [1.29, 1.82) is 5.26 Å². The van der Waals surface area contributed by atoms with Gasteiger partial charge in [-0.1, -0.05) is 12.1 Å². The third-order valence-electron chi connectivity index (χ3n) is 5.06. The van der Waals surface area contributed by atoms with Gasteiger partial charge in [-0.3, -0.25) is 0 Å². The number of aromatic nitrogens is 2. The average molecular weight is 438 g/mol. The predicted molar refractivity (Wildman–Crippen MR) is 129 cm³/mol. The van der Waals surface area contributed by atoms with E-state index >= 15 is 0 Å². The highest BCUT2D eigenvalue weighted by Crippen LogP contribution is 2.34. The van der Waals surface area contributed by atoms with Gasteiger partial charge in [-0.05, 0) is 84.6 Å². The zero-order valence-electron chi connectivity index (χ0n) is 18.6. The molecule has 0 aliphatic rings. The summed E-state index contributed by atoms with van der Waals surface area (Å²) in [4.78, 5) is 8.67. The van der Waals surface area contributed by atoms with Crippen molar-refractivity contribution >= 4 is 17.5 Å². The van der Waals surface area contributed by atoms with Crippen LogP contribution in [0.3, 0.4) is 0 Å². The number of benzene rings is 3. The molecule has 1 heterocycles. The van der Waals surface area contributed by atoms with Crippen LogP contribution in [-0.4, -0.2) is 17.1 Å². The highest BCUT2D eigenvalue weighted by atomic mass is 16.5. The fourth-order valence-corrected chi connectivity index (χ4v) is 3.49. The molecule has 4 aromatic rings. The zero-order chi connectivity index (χ0) is 23.4. The van der Waals surface area contributed by atoms with Crippen LogP contribution in [0.15, 0.2) is 66.7 Å². The maximum absolute atomic E-state index is 8.95. The molecule has 0 unspecified atom stereocenters. The predicted octanol–water partition coefficient (Wildman–Crippen LogP) is 5.76. The van der Waals surface area contributed by atoms with Crippen molar-refractivity contribution in [2.45, 2.75) is 13.8 Å². The summed E-state index contributed by atoms with van der Waals surface area (Å²) >= 11 is 0. The Bertz CT molecular complexity index is 1320. The molecule has 3 aromatic carbocycles. The van der Waals surface area contributed by atoms with Crippen LogP contribution in [0, 0.1) is 25.2 Å². The fraction of sp³-hybridized carbons (Fsp3) is 0.115. The van der Waals surface area contributed by atoms with E-state index in [0.717, 1.165) is 33.7 Å². The smallest absolute Gasteiger partial charge is 0.232 e. The maximum Gasteiger partial charge on any atom is 0.232 e. The molecule has 7 nitrogen and oxygen atoms in total. The maximum atomic E-state index is 8.95. The largest absolute Gasteiger partial charge is 0.497 e. The summed E-state index contributed by atoms with van der Waals surface area (Å²) in [5.74, 6) is 2.43. The molecule has 0 aliphatic heterocycles. The molecule has 3 N–H and O–H groups in total. The van der Waals surface area contributed by atoms with Gasteiger partial charge >= 0.3 is 0 Å². The summed E-state index contributed by atoms with van der Waals surface area (Å²) in [7, 11) is 1.66. The number of hydrogen-bond donors (Lipinski definition) is 2. The molecule has 0 atom stereocenters. The minimum absolute atomic E-state index is 0.277. The van der Waals surface area contributed by atoms with Crippen LogP contribution in [0.25, 0.3) is 11.1 Å². The highest BCUT2D eigenvalue weighted by molar-refractivity contribution is 5.69. The van der Waals surface area contributed by atoms with Gasteiger partial charge in [-0.2, -0.15) is 15.2 Å². The lowest BCUT2D eigenvalue weighted by Gasteiger charge is -2.15. The minimum Gasteiger partial charge on any atom is -0.497 e. The van der Waals surface area contributed by atoms with Crippen molar-refractivity contribution in [3.05, 3.63) is 83.4 Å². The van der Waals surface area contributed by atoms with E-state index in [1.165, 1.54) is 0 Å². The van der Waals surface area contributed by atoms with Gasteiger partial charge in [-0.15, -0.1) is 0 Å². The number of anilines is 3. The van der Waals surface area contributed by atoms with Gasteiger partial charge in [0.15, 0.2) is 0 Å². The Morgan fingerprint density at radius 1 is 0.909 bits per heavy atom. The van der Waals surface area contributed by atoms with Crippen molar-refractivity contribution in [1.82, 2.24) is 9.97 Å².